The van der Waals surface area contributed by atoms with Gasteiger partial charge < -0.3 is 14.8 Å². The second-order valence-electron chi connectivity index (χ2n) is 6.25. The van der Waals surface area contributed by atoms with Gasteiger partial charge in [-0.1, -0.05) is 6.07 Å². The minimum absolute atomic E-state index is 0.266. The number of nitrogens with zero attached hydrogens (tertiary/aromatic N) is 3. The number of thiophene rings is 1. The molecule has 0 spiro atoms. The Kier molecular flexibility index (Phi) is 5.18. The van der Waals surface area contributed by atoms with E-state index in [0.717, 1.165) is 10.6 Å². The van der Waals surface area contributed by atoms with E-state index in [1.54, 1.807) is 60.7 Å². The first-order valence-electron chi connectivity index (χ1n) is 9.08. The molecule has 8 heteroatoms. The van der Waals surface area contributed by atoms with Crippen molar-refractivity contribution in [3.8, 4) is 22.1 Å². The number of hydrogen-bond acceptors (Lipinski definition) is 6. The lowest BCUT2D eigenvalue weighted by molar-refractivity contribution is 0.102. The number of benzene rings is 1. The van der Waals surface area contributed by atoms with E-state index in [0.29, 0.717) is 40.3 Å². The normalized spacial score (nSPS) is 10.9. The molecule has 0 radical (unpaired) electrons. The van der Waals surface area contributed by atoms with Gasteiger partial charge in [-0.3, -0.25) is 4.79 Å². The maximum absolute atomic E-state index is 13.2. The lowest BCUT2D eigenvalue weighted by atomic mass is 10.1. The number of anilines is 1. The molecule has 1 amide bonds. The number of nitrogens with one attached hydrogen (secondary N) is 1. The van der Waals surface area contributed by atoms with Crippen molar-refractivity contribution in [1.29, 1.82) is 0 Å². The summed E-state index contributed by atoms with van der Waals surface area (Å²) in [6, 6.07) is 11.0. The molecule has 0 atom stereocenters. The van der Waals surface area contributed by atoms with E-state index < -0.39 is 0 Å². The van der Waals surface area contributed by atoms with E-state index in [-0.39, 0.29) is 5.91 Å². The SMILES string of the molecule is CCn1ncc2c(C(=O)Nc3cc(OC)ccc3OC)cc(-c3cccs3)nc21. The fourth-order valence-electron chi connectivity index (χ4n) is 3.12. The molecule has 148 valence electrons. The fraction of sp³-hybridized carbons (Fsp3) is 0.190. The Morgan fingerprint density at radius 2 is 2.07 bits per heavy atom. The molecule has 0 aliphatic rings. The Labute approximate surface area is 171 Å². The van der Waals surface area contributed by atoms with Gasteiger partial charge in [-0.15, -0.1) is 11.3 Å². The zero-order valence-electron chi connectivity index (χ0n) is 16.3. The van der Waals surface area contributed by atoms with Gasteiger partial charge >= 0.3 is 0 Å². The van der Waals surface area contributed by atoms with Crippen LogP contribution in [0.2, 0.25) is 0 Å². The van der Waals surface area contributed by atoms with Gasteiger partial charge in [0.25, 0.3) is 5.91 Å². The molecule has 3 heterocycles. The Morgan fingerprint density at radius 1 is 1.21 bits per heavy atom. The number of amides is 1. The number of rotatable bonds is 6. The van der Waals surface area contributed by atoms with Crippen LogP contribution in [0.5, 0.6) is 11.5 Å². The number of ether oxygens (including phenoxy) is 2. The Hall–Kier alpha value is -3.39. The highest BCUT2D eigenvalue weighted by molar-refractivity contribution is 7.13. The van der Waals surface area contributed by atoms with E-state index in [1.807, 2.05) is 24.4 Å². The highest BCUT2D eigenvalue weighted by Gasteiger charge is 2.19. The second kappa shape index (κ2) is 7.92. The van der Waals surface area contributed by atoms with Crippen LogP contribution >= 0.6 is 11.3 Å². The van der Waals surface area contributed by atoms with E-state index in [2.05, 4.69) is 10.4 Å². The molecule has 4 aromatic rings. The smallest absolute Gasteiger partial charge is 0.256 e. The first-order chi connectivity index (χ1) is 14.1. The predicted octanol–water partition coefficient (Wildman–Crippen LogP) is 4.45. The minimum Gasteiger partial charge on any atom is -0.497 e. The number of methoxy groups -OCH3 is 2. The van der Waals surface area contributed by atoms with Crippen LogP contribution in [0.4, 0.5) is 5.69 Å². The van der Waals surface area contributed by atoms with Crippen LogP contribution in [0.25, 0.3) is 21.6 Å². The highest BCUT2D eigenvalue weighted by atomic mass is 32.1. The average molecular weight is 408 g/mol. The predicted molar refractivity (Wildman–Crippen MR) is 114 cm³/mol. The quantitative estimate of drug-likeness (QED) is 0.510. The number of carbonyl (C=O) groups excluding carboxylic acids is 1. The molecule has 1 aromatic carbocycles. The largest absolute Gasteiger partial charge is 0.497 e. The van der Waals surface area contributed by atoms with Gasteiger partial charge in [0.1, 0.15) is 11.5 Å². The molecule has 0 fully saturated rings. The summed E-state index contributed by atoms with van der Waals surface area (Å²) in [6.07, 6.45) is 1.68. The molecule has 0 aliphatic carbocycles. The number of carbonyl (C=O) groups is 1. The molecule has 3 aromatic heterocycles. The fourth-order valence-corrected chi connectivity index (χ4v) is 3.81. The molecule has 0 saturated heterocycles. The summed E-state index contributed by atoms with van der Waals surface area (Å²) in [5, 5.41) is 10.0. The summed E-state index contributed by atoms with van der Waals surface area (Å²) in [4.78, 5) is 19.0. The zero-order chi connectivity index (χ0) is 20.4. The van der Waals surface area contributed by atoms with Crippen molar-refractivity contribution in [3.63, 3.8) is 0 Å². The number of pyridine rings is 1. The topological polar surface area (TPSA) is 78.3 Å². The lowest BCUT2D eigenvalue weighted by Crippen LogP contribution is -2.14. The molecule has 7 nitrogen and oxygen atoms in total. The van der Waals surface area contributed by atoms with Crippen LogP contribution < -0.4 is 14.8 Å². The zero-order valence-corrected chi connectivity index (χ0v) is 17.1. The highest BCUT2D eigenvalue weighted by Crippen LogP contribution is 2.31. The van der Waals surface area contributed by atoms with Gasteiger partial charge in [-0.05, 0) is 36.6 Å². The van der Waals surface area contributed by atoms with Crippen molar-refractivity contribution < 1.29 is 14.3 Å². The second-order valence-corrected chi connectivity index (χ2v) is 7.20. The summed E-state index contributed by atoms with van der Waals surface area (Å²) < 4.78 is 12.4. The Balaban J connectivity index is 1.81. The summed E-state index contributed by atoms with van der Waals surface area (Å²) in [7, 11) is 3.13. The van der Waals surface area contributed by atoms with Gasteiger partial charge in [-0.2, -0.15) is 5.10 Å². The molecule has 1 N–H and O–H groups in total. The standard InChI is InChI=1S/C21H20N4O3S/c1-4-25-20-15(12-22-25)14(11-17(23-20)19-6-5-9-29-19)21(26)24-16-10-13(27-2)7-8-18(16)28-3/h5-12H,4H2,1-3H3,(H,24,26). The summed E-state index contributed by atoms with van der Waals surface area (Å²) in [5.74, 6) is 0.906. The summed E-state index contributed by atoms with van der Waals surface area (Å²) in [6.45, 7) is 2.65. The van der Waals surface area contributed by atoms with Crippen LogP contribution in [-0.2, 0) is 6.54 Å². The van der Waals surface area contributed by atoms with Crippen molar-refractivity contribution in [1.82, 2.24) is 14.8 Å². The number of fused-ring (bicyclic) bond motifs is 1. The van der Waals surface area contributed by atoms with Crippen LogP contribution in [0.1, 0.15) is 17.3 Å². The molecule has 4 rings (SSSR count). The van der Waals surface area contributed by atoms with Crippen molar-refractivity contribution in [3.05, 3.63) is 53.5 Å². The van der Waals surface area contributed by atoms with Crippen molar-refractivity contribution in [2.24, 2.45) is 0 Å². The van der Waals surface area contributed by atoms with Gasteiger partial charge in [0.05, 0.1) is 47.6 Å². The lowest BCUT2D eigenvalue weighted by Gasteiger charge is -2.13. The van der Waals surface area contributed by atoms with E-state index in [1.165, 1.54) is 0 Å². The first-order valence-corrected chi connectivity index (χ1v) is 9.96. The van der Waals surface area contributed by atoms with Gasteiger partial charge in [0.15, 0.2) is 5.65 Å². The minimum atomic E-state index is -0.266. The molecule has 29 heavy (non-hydrogen) atoms. The molecule has 0 saturated carbocycles. The van der Waals surface area contributed by atoms with Crippen molar-refractivity contribution >= 4 is 34.0 Å². The average Bonchev–Trinajstić information content (AvgIpc) is 3.42. The van der Waals surface area contributed by atoms with Gasteiger partial charge in [-0.25, -0.2) is 9.67 Å². The molecule has 0 bridgehead atoms. The Morgan fingerprint density at radius 3 is 2.76 bits per heavy atom. The number of aromatic nitrogens is 3. The first kappa shape index (κ1) is 18.9. The molecular weight excluding hydrogens is 388 g/mol. The Bertz CT molecular complexity index is 1170. The third-order valence-electron chi connectivity index (χ3n) is 4.58. The van der Waals surface area contributed by atoms with Crippen LogP contribution in [0.3, 0.4) is 0 Å². The third-order valence-corrected chi connectivity index (χ3v) is 5.47. The summed E-state index contributed by atoms with van der Waals surface area (Å²) in [5.41, 5.74) is 2.46. The summed E-state index contributed by atoms with van der Waals surface area (Å²) >= 11 is 1.58. The number of aryl methyl sites for hydroxylation is 1. The molecular formula is C21H20N4O3S. The third kappa shape index (κ3) is 3.54. The van der Waals surface area contributed by atoms with Gasteiger partial charge in [0.2, 0.25) is 0 Å². The van der Waals surface area contributed by atoms with E-state index in [4.69, 9.17) is 14.5 Å². The van der Waals surface area contributed by atoms with Gasteiger partial charge in [0, 0.05) is 12.6 Å². The maximum Gasteiger partial charge on any atom is 0.256 e. The maximum atomic E-state index is 13.2. The van der Waals surface area contributed by atoms with E-state index in [9.17, 15) is 4.79 Å². The number of hydrogen-bond donors (Lipinski definition) is 1. The van der Waals surface area contributed by atoms with Crippen molar-refractivity contribution in [2.45, 2.75) is 13.5 Å². The van der Waals surface area contributed by atoms with Crippen molar-refractivity contribution in [2.75, 3.05) is 19.5 Å². The molecule has 0 unspecified atom stereocenters. The van der Waals surface area contributed by atoms with Crippen LogP contribution in [0, 0.1) is 0 Å². The van der Waals surface area contributed by atoms with Crippen LogP contribution in [0.15, 0.2) is 48.0 Å². The monoisotopic (exact) mass is 408 g/mol. The molecule has 0 aliphatic heterocycles. The van der Waals surface area contributed by atoms with E-state index >= 15 is 0 Å². The van der Waals surface area contributed by atoms with Crippen LogP contribution in [-0.4, -0.2) is 34.9 Å².